The summed E-state index contributed by atoms with van der Waals surface area (Å²) in [5.41, 5.74) is 0.333. The molecule has 0 aliphatic carbocycles. The number of amides is 1. The molecule has 1 aromatic carbocycles. The number of nitrogens with zero attached hydrogens (tertiary/aromatic N) is 4. The largest absolute Gasteiger partial charge is 0.496 e. The van der Waals surface area contributed by atoms with Crippen LogP contribution in [0.4, 0.5) is 0 Å². The zero-order chi connectivity index (χ0) is 21.8. The van der Waals surface area contributed by atoms with Crippen molar-refractivity contribution in [2.24, 2.45) is 0 Å². The number of benzene rings is 1. The number of aromatic nitrogens is 2. The molecule has 31 heavy (non-hydrogen) atoms. The van der Waals surface area contributed by atoms with Crippen molar-refractivity contribution >= 4 is 5.91 Å². The first-order valence-electron chi connectivity index (χ1n) is 11.3. The van der Waals surface area contributed by atoms with Crippen LogP contribution in [0.25, 0.3) is 0 Å². The van der Waals surface area contributed by atoms with Gasteiger partial charge in [0, 0.05) is 37.6 Å². The minimum atomic E-state index is -0.786. The fourth-order valence-electron chi connectivity index (χ4n) is 4.91. The van der Waals surface area contributed by atoms with Crippen LogP contribution in [0, 0.1) is 6.92 Å². The number of methoxy groups -OCH3 is 1. The van der Waals surface area contributed by atoms with Gasteiger partial charge in [-0.25, -0.2) is 4.98 Å². The number of carbonyl (C=O) groups is 1. The molecular weight excluding hydrogens is 392 g/mol. The van der Waals surface area contributed by atoms with E-state index >= 15 is 0 Å². The number of likely N-dealkylation sites (tertiary alicyclic amines) is 2. The highest BCUT2D eigenvalue weighted by Crippen LogP contribution is 2.29. The summed E-state index contributed by atoms with van der Waals surface area (Å²) in [4.78, 5) is 22.0. The fraction of sp³-hybridized carbons (Fsp3) is 0.583. The van der Waals surface area contributed by atoms with E-state index in [1.165, 1.54) is 0 Å². The number of carbonyl (C=O) groups excluding carboxylic acids is 1. The average Bonchev–Trinajstić information content (AvgIpc) is 3.18. The quantitative estimate of drug-likeness (QED) is 0.769. The number of hydrogen-bond acceptors (Lipinski definition) is 5. The van der Waals surface area contributed by atoms with Crippen LogP contribution in [-0.2, 0) is 17.9 Å². The lowest BCUT2D eigenvalue weighted by molar-refractivity contribution is -0.143. The van der Waals surface area contributed by atoms with Gasteiger partial charge in [0.15, 0.2) is 0 Å². The zero-order valence-corrected chi connectivity index (χ0v) is 18.7. The van der Waals surface area contributed by atoms with Gasteiger partial charge in [0.05, 0.1) is 25.3 Å². The third-order valence-electron chi connectivity index (χ3n) is 6.86. The molecule has 2 saturated heterocycles. The lowest BCUT2D eigenvalue weighted by Crippen LogP contribution is -2.55. The van der Waals surface area contributed by atoms with E-state index in [0.29, 0.717) is 32.5 Å². The Bertz CT molecular complexity index is 888. The highest BCUT2D eigenvalue weighted by molar-refractivity contribution is 5.82. The number of aryl methyl sites for hydroxylation is 1. The van der Waals surface area contributed by atoms with Crippen LogP contribution in [0.15, 0.2) is 36.7 Å². The maximum atomic E-state index is 13.4. The molecule has 7 heteroatoms. The molecule has 168 valence electrons. The first-order chi connectivity index (χ1) is 15.0. The van der Waals surface area contributed by atoms with E-state index in [9.17, 15) is 9.90 Å². The van der Waals surface area contributed by atoms with Crippen LogP contribution in [0.3, 0.4) is 0 Å². The fourth-order valence-corrected chi connectivity index (χ4v) is 4.91. The third kappa shape index (κ3) is 4.93. The van der Waals surface area contributed by atoms with Crippen molar-refractivity contribution in [3.63, 3.8) is 0 Å². The van der Waals surface area contributed by atoms with Gasteiger partial charge in [-0.15, -0.1) is 0 Å². The van der Waals surface area contributed by atoms with Gasteiger partial charge in [-0.3, -0.25) is 9.69 Å². The van der Waals surface area contributed by atoms with E-state index in [0.717, 1.165) is 49.5 Å². The second-order valence-electron chi connectivity index (χ2n) is 8.95. The van der Waals surface area contributed by atoms with Crippen molar-refractivity contribution in [1.29, 1.82) is 0 Å². The van der Waals surface area contributed by atoms with E-state index in [1.54, 1.807) is 13.3 Å². The summed E-state index contributed by atoms with van der Waals surface area (Å²) in [7, 11) is 1.69. The predicted octanol–water partition coefficient (Wildman–Crippen LogP) is 2.61. The number of aliphatic hydroxyl groups is 1. The minimum absolute atomic E-state index is 0.0965. The van der Waals surface area contributed by atoms with Crippen LogP contribution in [-0.4, -0.2) is 68.8 Å². The van der Waals surface area contributed by atoms with Crippen LogP contribution < -0.4 is 4.74 Å². The van der Waals surface area contributed by atoms with Gasteiger partial charge in [0.1, 0.15) is 11.6 Å². The summed E-state index contributed by atoms with van der Waals surface area (Å²) in [6, 6.07) is 7.95. The van der Waals surface area contributed by atoms with Gasteiger partial charge in [-0.2, -0.15) is 0 Å². The number of imidazole rings is 1. The molecule has 1 atom stereocenters. The van der Waals surface area contributed by atoms with Crippen molar-refractivity contribution in [2.45, 2.75) is 63.8 Å². The van der Waals surface area contributed by atoms with E-state index in [4.69, 9.17) is 4.74 Å². The smallest absolute Gasteiger partial charge is 0.239 e. The molecule has 2 fully saturated rings. The molecule has 0 bridgehead atoms. The van der Waals surface area contributed by atoms with Crippen molar-refractivity contribution < 1.29 is 14.6 Å². The second kappa shape index (κ2) is 9.40. The van der Waals surface area contributed by atoms with Gasteiger partial charge < -0.3 is 19.3 Å². The van der Waals surface area contributed by atoms with Gasteiger partial charge in [-0.1, -0.05) is 24.6 Å². The van der Waals surface area contributed by atoms with Crippen molar-refractivity contribution in [3.05, 3.63) is 48.0 Å². The Kier molecular flexibility index (Phi) is 6.62. The molecule has 1 N–H and O–H groups in total. The van der Waals surface area contributed by atoms with Crippen LogP contribution in [0.2, 0.25) is 0 Å². The molecule has 7 nitrogen and oxygen atoms in total. The Labute approximate surface area is 184 Å². The standard InChI is InChI=1S/C24H34N4O3/c1-19-25-12-16-28(19)18-24(30)10-14-26(15-11-24)23(29)21-8-5-6-13-27(21)17-20-7-3-4-9-22(20)31-2/h3-4,7,9,12,16,21,30H,5-6,8,10-11,13-15,17-18H2,1-2H3. The molecule has 0 spiro atoms. The summed E-state index contributed by atoms with van der Waals surface area (Å²) in [6.07, 6.45) is 7.94. The van der Waals surface area contributed by atoms with E-state index in [-0.39, 0.29) is 11.9 Å². The normalized spacial score (nSPS) is 21.8. The molecule has 3 heterocycles. The van der Waals surface area contributed by atoms with Crippen molar-refractivity contribution in [1.82, 2.24) is 19.4 Å². The summed E-state index contributed by atoms with van der Waals surface area (Å²) in [5.74, 6) is 1.98. The van der Waals surface area contributed by atoms with E-state index < -0.39 is 5.60 Å². The summed E-state index contributed by atoms with van der Waals surface area (Å²) >= 11 is 0. The number of para-hydroxylation sites is 1. The molecule has 1 aromatic heterocycles. The number of rotatable bonds is 6. The first kappa shape index (κ1) is 21.8. The predicted molar refractivity (Wildman–Crippen MR) is 119 cm³/mol. The highest BCUT2D eigenvalue weighted by Gasteiger charge is 2.38. The molecule has 1 amide bonds. The molecule has 2 aliphatic rings. The molecule has 2 aliphatic heterocycles. The Morgan fingerprint density at radius 1 is 1.23 bits per heavy atom. The summed E-state index contributed by atoms with van der Waals surface area (Å²) < 4.78 is 7.51. The van der Waals surface area contributed by atoms with Crippen molar-refractivity contribution in [2.75, 3.05) is 26.7 Å². The van der Waals surface area contributed by atoms with Gasteiger partial charge >= 0.3 is 0 Å². The Morgan fingerprint density at radius 2 is 2.00 bits per heavy atom. The first-order valence-corrected chi connectivity index (χ1v) is 11.3. The Hall–Kier alpha value is -2.38. The second-order valence-corrected chi connectivity index (χ2v) is 8.95. The summed E-state index contributed by atoms with van der Waals surface area (Å²) in [6.45, 7) is 5.32. The monoisotopic (exact) mass is 426 g/mol. The van der Waals surface area contributed by atoms with Crippen LogP contribution >= 0.6 is 0 Å². The highest BCUT2D eigenvalue weighted by atomic mass is 16.5. The molecule has 0 saturated carbocycles. The van der Waals surface area contributed by atoms with Gasteiger partial charge in [0.2, 0.25) is 5.91 Å². The lowest BCUT2D eigenvalue weighted by atomic mass is 9.90. The molecule has 2 aromatic rings. The Morgan fingerprint density at radius 3 is 2.71 bits per heavy atom. The average molecular weight is 427 g/mol. The van der Waals surface area contributed by atoms with Gasteiger partial charge in [-0.05, 0) is 45.2 Å². The van der Waals surface area contributed by atoms with Crippen LogP contribution in [0.1, 0.15) is 43.5 Å². The van der Waals surface area contributed by atoms with Crippen molar-refractivity contribution in [3.8, 4) is 5.75 Å². The number of hydrogen-bond donors (Lipinski definition) is 1. The zero-order valence-electron chi connectivity index (χ0n) is 18.7. The maximum Gasteiger partial charge on any atom is 0.239 e. The molecule has 0 radical (unpaired) electrons. The molecule has 4 rings (SSSR count). The SMILES string of the molecule is COc1ccccc1CN1CCCCC1C(=O)N1CCC(O)(Cn2ccnc2C)CC1. The molecular formula is C24H34N4O3. The number of ether oxygens (including phenoxy) is 1. The Balaban J connectivity index is 1.39. The lowest BCUT2D eigenvalue weighted by Gasteiger charge is -2.42. The van der Waals surface area contributed by atoms with E-state index in [2.05, 4.69) is 16.0 Å². The maximum absolute atomic E-state index is 13.4. The van der Waals surface area contributed by atoms with E-state index in [1.807, 2.05) is 40.8 Å². The number of piperidine rings is 2. The molecule has 1 unspecified atom stereocenters. The third-order valence-corrected chi connectivity index (χ3v) is 6.86. The minimum Gasteiger partial charge on any atom is -0.496 e. The van der Waals surface area contributed by atoms with Crippen LogP contribution in [0.5, 0.6) is 5.75 Å². The van der Waals surface area contributed by atoms with Gasteiger partial charge in [0.25, 0.3) is 0 Å². The summed E-state index contributed by atoms with van der Waals surface area (Å²) in [5, 5.41) is 11.1. The topological polar surface area (TPSA) is 70.8 Å².